The second-order valence-electron chi connectivity index (χ2n) is 4.32. The maximum Gasteiger partial charge on any atom is 0.135 e. The molecule has 1 aromatic heterocycles. The average molecular weight is 429 g/mol. The quantitative estimate of drug-likeness (QED) is 0.566. The predicted molar refractivity (Wildman–Crippen MR) is 95.7 cm³/mol. The molecule has 0 aliphatic rings. The molecule has 0 amide bonds. The smallest absolute Gasteiger partial charge is 0.135 e. The number of hydrogen-bond acceptors (Lipinski definition) is 5. The van der Waals surface area contributed by atoms with E-state index in [0.717, 1.165) is 36.3 Å². The average Bonchev–Trinajstić information content (AvgIpc) is 2.93. The van der Waals surface area contributed by atoms with Crippen LogP contribution in [0.1, 0.15) is 0 Å². The summed E-state index contributed by atoms with van der Waals surface area (Å²) < 4.78 is 8.18. The van der Waals surface area contributed by atoms with E-state index in [0.29, 0.717) is 5.69 Å². The molecule has 0 radical (unpaired) electrons. The van der Waals surface area contributed by atoms with Crippen molar-refractivity contribution in [2.45, 2.75) is 0 Å². The highest BCUT2D eigenvalue weighted by molar-refractivity contribution is 9.11. The monoisotopic (exact) mass is 427 g/mol. The second-order valence-corrected chi connectivity index (χ2v) is 6.91. The maximum absolute atomic E-state index is 6.19. The van der Waals surface area contributed by atoms with Crippen LogP contribution in [0.15, 0.2) is 38.7 Å². The molecule has 7 heteroatoms. The van der Waals surface area contributed by atoms with Gasteiger partial charge >= 0.3 is 0 Å². The normalized spacial score (nSPS) is 10.8. The van der Waals surface area contributed by atoms with E-state index >= 15 is 0 Å². The molecular formula is C14H11Br2N3OS. The summed E-state index contributed by atoms with van der Waals surface area (Å²) >= 11 is 8.56. The van der Waals surface area contributed by atoms with Crippen LogP contribution >= 0.6 is 43.2 Å². The van der Waals surface area contributed by atoms with Crippen LogP contribution in [0.25, 0.3) is 10.2 Å². The SMILES string of the molecule is COc1cc(Nc2ccc3scnc3c2N)c(Br)cc1Br. The molecule has 4 nitrogen and oxygen atoms in total. The molecule has 3 N–H and O–H groups in total. The number of hydrogen-bond donors (Lipinski definition) is 2. The van der Waals surface area contributed by atoms with Crippen LogP contribution in [0.4, 0.5) is 17.1 Å². The van der Waals surface area contributed by atoms with E-state index in [1.54, 1.807) is 24.0 Å². The van der Waals surface area contributed by atoms with Crippen molar-refractivity contribution < 1.29 is 4.74 Å². The van der Waals surface area contributed by atoms with Crippen LogP contribution in [-0.2, 0) is 0 Å². The lowest BCUT2D eigenvalue weighted by Crippen LogP contribution is -1.98. The van der Waals surface area contributed by atoms with E-state index in [4.69, 9.17) is 10.5 Å². The van der Waals surface area contributed by atoms with Gasteiger partial charge in [-0.1, -0.05) is 0 Å². The molecule has 0 saturated carbocycles. The molecule has 0 bridgehead atoms. The van der Waals surface area contributed by atoms with Gasteiger partial charge in [0.25, 0.3) is 0 Å². The van der Waals surface area contributed by atoms with E-state index in [1.165, 1.54) is 0 Å². The molecule has 2 aromatic carbocycles. The summed E-state index contributed by atoms with van der Waals surface area (Å²) in [6.07, 6.45) is 0. The molecule has 0 aliphatic carbocycles. The second kappa shape index (κ2) is 5.82. The topological polar surface area (TPSA) is 60.2 Å². The lowest BCUT2D eigenvalue weighted by molar-refractivity contribution is 0.412. The number of fused-ring (bicyclic) bond motifs is 1. The van der Waals surface area contributed by atoms with E-state index < -0.39 is 0 Å². The fraction of sp³-hybridized carbons (Fsp3) is 0.0714. The summed E-state index contributed by atoms with van der Waals surface area (Å²) in [4.78, 5) is 4.30. The Morgan fingerprint density at radius 1 is 1.19 bits per heavy atom. The molecule has 0 unspecified atom stereocenters. The number of nitrogens with zero attached hydrogens (tertiary/aromatic N) is 1. The minimum atomic E-state index is 0.641. The van der Waals surface area contributed by atoms with Crippen molar-refractivity contribution in [1.29, 1.82) is 0 Å². The number of aromatic nitrogens is 1. The van der Waals surface area contributed by atoms with Crippen molar-refractivity contribution in [2.75, 3.05) is 18.2 Å². The third-order valence-corrected chi connectivity index (χ3v) is 5.12. The van der Waals surface area contributed by atoms with Gasteiger partial charge in [0.2, 0.25) is 0 Å². The van der Waals surface area contributed by atoms with E-state index in [-0.39, 0.29) is 0 Å². The first-order chi connectivity index (χ1) is 10.1. The zero-order chi connectivity index (χ0) is 15.0. The molecule has 21 heavy (non-hydrogen) atoms. The number of methoxy groups -OCH3 is 1. The molecule has 0 saturated heterocycles. The number of thiazole rings is 1. The summed E-state index contributed by atoms with van der Waals surface area (Å²) in [5.41, 5.74) is 11.1. The first-order valence-corrected chi connectivity index (χ1v) is 8.48. The Hall–Kier alpha value is -1.31. The fourth-order valence-corrected chi connectivity index (χ4v) is 3.94. The summed E-state index contributed by atoms with van der Waals surface area (Å²) in [5, 5.41) is 3.32. The van der Waals surface area contributed by atoms with Gasteiger partial charge < -0.3 is 15.8 Å². The van der Waals surface area contributed by atoms with Crippen molar-refractivity contribution in [3.63, 3.8) is 0 Å². The van der Waals surface area contributed by atoms with Gasteiger partial charge in [-0.2, -0.15) is 0 Å². The molecule has 3 aromatic rings. The lowest BCUT2D eigenvalue weighted by Gasteiger charge is -2.13. The minimum Gasteiger partial charge on any atom is -0.495 e. The van der Waals surface area contributed by atoms with E-state index in [2.05, 4.69) is 42.2 Å². The molecule has 3 rings (SSSR count). The van der Waals surface area contributed by atoms with Crippen molar-refractivity contribution in [2.24, 2.45) is 0 Å². The Labute approximate surface area is 142 Å². The number of halogens is 2. The number of nitrogens with one attached hydrogen (secondary N) is 1. The van der Waals surface area contributed by atoms with Crippen molar-refractivity contribution in [1.82, 2.24) is 4.98 Å². The summed E-state index contributed by atoms with van der Waals surface area (Å²) in [6, 6.07) is 7.80. The van der Waals surface area contributed by atoms with Crippen LogP contribution < -0.4 is 15.8 Å². The van der Waals surface area contributed by atoms with Crippen LogP contribution in [0.2, 0.25) is 0 Å². The molecule has 0 fully saturated rings. The van der Waals surface area contributed by atoms with Gasteiger partial charge in [-0.25, -0.2) is 4.98 Å². The van der Waals surface area contributed by atoms with Crippen molar-refractivity contribution in [3.8, 4) is 5.75 Å². The first-order valence-electron chi connectivity index (χ1n) is 6.02. The van der Waals surface area contributed by atoms with E-state index in [9.17, 15) is 0 Å². The van der Waals surface area contributed by atoms with Crippen molar-refractivity contribution in [3.05, 3.63) is 38.7 Å². The van der Waals surface area contributed by atoms with Gasteiger partial charge in [0.05, 0.1) is 38.9 Å². The predicted octanol–water partition coefficient (Wildman–Crippen LogP) is 5.16. The summed E-state index contributed by atoms with van der Waals surface area (Å²) in [6.45, 7) is 0. The molecule has 0 spiro atoms. The highest BCUT2D eigenvalue weighted by Gasteiger charge is 2.11. The Morgan fingerprint density at radius 2 is 2.00 bits per heavy atom. The lowest BCUT2D eigenvalue weighted by atomic mass is 10.2. The number of rotatable bonds is 3. The summed E-state index contributed by atoms with van der Waals surface area (Å²) in [7, 11) is 1.63. The fourth-order valence-electron chi connectivity index (χ4n) is 1.99. The number of benzene rings is 2. The van der Waals surface area contributed by atoms with Crippen LogP contribution in [-0.4, -0.2) is 12.1 Å². The van der Waals surface area contributed by atoms with Crippen LogP contribution in [0, 0.1) is 0 Å². The molecule has 108 valence electrons. The third kappa shape index (κ3) is 2.73. The Balaban J connectivity index is 2.04. The number of ether oxygens (including phenoxy) is 1. The first kappa shape index (κ1) is 14.6. The maximum atomic E-state index is 6.19. The van der Waals surface area contributed by atoms with Gasteiger partial charge in [0, 0.05) is 10.5 Å². The van der Waals surface area contributed by atoms with Gasteiger partial charge in [-0.15, -0.1) is 11.3 Å². The summed E-state index contributed by atoms with van der Waals surface area (Å²) in [5.74, 6) is 0.744. The minimum absolute atomic E-state index is 0.641. The standard InChI is InChI=1S/C14H11Br2N3OS/c1-20-11-5-10(7(15)4-8(11)16)19-9-2-3-12-14(13(9)17)18-6-21-12/h2-6,19H,17H2,1H3. The van der Waals surface area contributed by atoms with Gasteiger partial charge in [-0.05, 0) is 50.1 Å². The Morgan fingerprint density at radius 3 is 2.76 bits per heavy atom. The molecular weight excluding hydrogens is 418 g/mol. The molecule has 0 atom stereocenters. The molecule has 0 aliphatic heterocycles. The van der Waals surface area contributed by atoms with Crippen LogP contribution in [0.5, 0.6) is 5.75 Å². The number of anilines is 3. The zero-order valence-electron chi connectivity index (χ0n) is 11.0. The van der Waals surface area contributed by atoms with Crippen molar-refractivity contribution >= 4 is 70.5 Å². The number of nitrogen functional groups attached to an aromatic ring is 1. The zero-order valence-corrected chi connectivity index (χ0v) is 15.0. The largest absolute Gasteiger partial charge is 0.495 e. The molecule has 1 heterocycles. The highest BCUT2D eigenvalue weighted by atomic mass is 79.9. The third-order valence-electron chi connectivity index (χ3n) is 3.05. The van der Waals surface area contributed by atoms with Crippen LogP contribution in [0.3, 0.4) is 0 Å². The Kier molecular flexibility index (Phi) is 4.05. The van der Waals surface area contributed by atoms with Gasteiger partial charge in [-0.3, -0.25) is 0 Å². The Bertz CT molecular complexity index is 819. The highest BCUT2D eigenvalue weighted by Crippen LogP contribution is 2.38. The number of nitrogens with two attached hydrogens (primary N) is 1. The van der Waals surface area contributed by atoms with E-state index in [1.807, 2.05) is 24.3 Å². The van der Waals surface area contributed by atoms with Gasteiger partial charge in [0.1, 0.15) is 11.3 Å². The van der Waals surface area contributed by atoms with Gasteiger partial charge in [0.15, 0.2) is 0 Å².